The van der Waals surface area contributed by atoms with Gasteiger partial charge in [0, 0.05) is 12.5 Å². The summed E-state index contributed by atoms with van der Waals surface area (Å²) in [6.07, 6.45) is 5.47. The van der Waals surface area contributed by atoms with Gasteiger partial charge in [-0.1, -0.05) is 43.6 Å². The Morgan fingerprint density at radius 1 is 1.32 bits per heavy atom. The summed E-state index contributed by atoms with van der Waals surface area (Å²) < 4.78 is 0. The molecule has 0 aliphatic rings. The van der Waals surface area contributed by atoms with E-state index in [2.05, 4.69) is 37.0 Å². The number of rotatable bonds is 2. The van der Waals surface area contributed by atoms with Crippen LogP contribution in [-0.2, 0) is 4.79 Å². The van der Waals surface area contributed by atoms with Crippen LogP contribution in [0.15, 0.2) is 24.3 Å². The highest BCUT2D eigenvalue weighted by atomic mass is 28.3. The third-order valence-electron chi connectivity index (χ3n) is 2.43. The number of terminal acetylenes is 1. The molecule has 0 saturated heterocycles. The maximum Gasteiger partial charge on any atom is 0.224 e. The van der Waals surface area contributed by atoms with Crippen LogP contribution < -0.4 is 4.90 Å². The third kappa shape index (κ3) is 4.66. The van der Waals surface area contributed by atoms with Gasteiger partial charge in [0.2, 0.25) is 5.91 Å². The highest BCUT2D eigenvalue weighted by Gasteiger charge is 2.13. The van der Waals surface area contributed by atoms with Crippen molar-refractivity contribution >= 4 is 19.7 Å². The Kier molecular flexibility index (Phi) is 4.98. The molecule has 0 fully saturated rings. The third-order valence-corrected chi connectivity index (χ3v) is 3.36. The largest absolute Gasteiger partial charge is 0.300 e. The Labute approximate surface area is 116 Å². The predicted molar refractivity (Wildman–Crippen MR) is 83.5 cm³/mol. The lowest BCUT2D eigenvalue weighted by atomic mass is 10.1. The summed E-state index contributed by atoms with van der Waals surface area (Å²) in [5, 5.41) is 0. The first kappa shape index (κ1) is 15.1. The highest BCUT2D eigenvalue weighted by molar-refractivity contribution is 6.83. The van der Waals surface area contributed by atoms with Crippen LogP contribution in [0, 0.1) is 23.8 Å². The van der Waals surface area contributed by atoms with Crippen LogP contribution in [0.25, 0.3) is 0 Å². The van der Waals surface area contributed by atoms with Crippen molar-refractivity contribution in [3.63, 3.8) is 0 Å². The van der Waals surface area contributed by atoms with Crippen molar-refractivity contribution in [2.45, 2.75) is 26.6 Å². The Hall–Kier alpha value is -1.97. The minimum Gasteiger partial charge on any atom is -0.300 e. The number of carbonyl (C=O) groups is 1. The first-order valence-corrected chi connectivity index (χ1v) is 9.69. The van der Waals surface area contributed by atoms with E-state index in [0.29, 0.717) is 12.1 Å². The first-order chi connectivity index (χ1) is 8.85. The second-order valence-electron chi connectivity index (χ2n) is 5.32. The Morgan fingerprint density at radius 3 is 2.47 bits per heavy atom. The second-order valence-corrected chi connectivity index (χ2v) is 10.1. The van der Waals surface area contributed by atoms with Crippen LogP contribution in [0.1, 0.15) is 12.5 Å². The summed E-state index contributed by atoms with van der Waals surface area (Å²) in [6.45, 7) is 8.44. The van der Waals surface area contributed by atoms with E-state index >= 15 is 0 Å². The molecule has 0 atom stereocenters. The van der Waals surface area contributed by atoms with Gasteiger partial charge in [-0.25, -0.2) is 0 Å². The summed E-state index contributed by atoms with van der Waals surface area (Å²) >= 11 is 0. The fraction of sp³-hybridized carbons (Fsp3) is 0.312. The number of hydrogen-bond acceptors (Lipinski definition) is 1. The van der Waals surface area contributed by atoms with Gasteiger partial charge in [0.25, 0.3) is 0 Å². The number of carbonyl (C=O) groups excluding carboxylic acids is 1. The van der Waals surface area contributed by atoms with Crippen molar-refractivity contribution in [2.24, 2.45) is 0 Å². The normalized spacial score (nSPS) is 10.1. The number of hydrogen-bond donors (Lipinski definition) is 0. The lowest BCUT2D eigenvalue weighted by molar-refractivity contribution is -0.116. The zero-order chi connectivity index (χ0) is 14.5. The van der Waals surface area contributed by atoms with Crippen LogP contribution in [0.3, 0.4) is 0 Å². The Bertz CT molecular complexity index is 567. The van der Waals surface area contributed by atoms with E-state index in [-0.39, 0.29) is 5.91 Å². The lowest BCUT2D eigenvalue weighted by Gasteiger charge is -2.20. The first-order valence-electron chi connectivity index (χ1n) is 6.19. The molecule has 0 bridgehead atoms. The average Bonchev–Trinajstić information content (AvgIpc) is 2.33. The zero-order valence-electron chi connectivity index (χ0n) is 11.9. The van der Waals surface area contributed by atoms with Gasteiger partial charge >= 0.3 is 0 Å². The van der Waals surface area contributed by atoms with Gasteiger partial charge in [-0.2, -0.15) is 0 Å². The van der Waals surface area contributed by atoms with Crippen molar-refractivity contribution in [1.29, 1.82) is 0 Å². The molecule has 19 heavy (non-hydrogen) atoms. The summed E-state index contributed by atoms with van der Waals surface area (Å²) in [4.78, 5) is 13.4. The monoisotopic (exact) mass is 269 g/mol. The Morgan fingerprint density at radius 2 is 1.95 bits per heavy atom. The molecule has 0 radical (unpaired) electrons. The molecule has 1 aromatic carbocycles. The number of anilines is 1. The summed E-state index contributed by atoms with van der Waals surface area (Å²) in [7, 11) is -1.42. The van der Waals surface area contributed by atoms with Gasteiger partial charge in [0.15, 0.2) is 0 Å². The van der Waals surface area contributed by atoms with E-state index in [0.717, 1.165) is 5.69 Å². The number of nitrogens with zero attached hydrogens (tertiary/aromatic N) is 1. The van der Waals surface area contributed by atoms with Gasteiger partial charge in [-0.3, -0.25) is 9.69 Å². The summed E-state index contributed by atoms with van der Waals surface area (Å²) in [5.41, 5.74) is 4.73. The van der Waals surface area contributed by atoms with E-state index in [4.69, 9.17) is 6.42 Å². The quantitative estimate of drug-likeness (QED) is 0.597. The maximum absolute atomic E-state index is 11.8. The molecule has 1 rings (SSSR count). The summed E-state index contributed by atoms with van der Waals surface area (Å²) in [5.74, 6) is 5.66. The lowest BCUT2D eigenvalue weighted by Crippen LogP contribution is -2.30. The molecule has 1 aromatic rings. The van der Waals surface area contributed by atoms with Crippen molar-refractivity contribution in [1.82, 2.24) is 0 Å². The average molecular weight is 269 g/mol. The molecule has 0 aliphatic heterocycles. The molecule has 2 nitrogen and oxygen atoms in total. The minimum atomic E-state index is -1.42. The van der Waals surface area contributed by atoms with E-state index in [9.17, 15) is 4.79 Å². The van der Waals surface area contributed by atoms with E-state index in [1.807, 2.05) is 24.3 Å². The topological polar surface area (TPSA) is 20.3 Å². The highest BCUT2D eigenvalue weighted by Crippen LogP contribution is 2.19. The molecule has 0 aromatic heterocycles. The molecular weight excluding hydrogens is 250 g/mol. The minimum absolute atomic E-state index is 0.0485. The van der Waals surface area contributed by atoms with E-state index < -0.39 is 8.07 Å². The van der Waals surface area contributed by atoms with Gasteiger partial charge < -0.3 is 0 Å². The summed E-state index contributed by atoms with van der Waals surface area (Å²) in [6, 6.07) is 7.42. The molecule has 1 amide bonds. The van der Waals surface area contributed by atoms with Crippen LogP contribution >= 0.6 is 0 Å². The van der Waals surface area contributed by atoms with Gasteiger partial charge in [-0.15, -0.1) is 12.0 Å². The molecule has 0 saturated carbocycles. The molecule has 98 valence electrons. The van der Waals surface area contributed by atoms with Gasteiger partial charge in [-0.05, 0) is 12.1 Å². The number of benzene rings is 1. The number of para-hydroxylation sites is 1. The van der Waals surface area contributed by atoms with E-state index in [1.165, 1.54) is 6.92 Å². The van der Waals surface area contributed by atoms with Crippen LogP contribution in [0.4, 0.5) is 5.69 Å². The molecule has 0 heterocycles. The fourth-order valence-electron chi connectivity index (χ4n) is 1.58. The molecule has 0 aliphatic carbocycles. The van der Waals surface area contributed by atoms with Crippen LogP contribution in [-0.4, -0.2) is 20.5 Å². The molecular formula is C16H19NOSi. The van der Waals surface area contributed by atoms with Crippen molar-refractivity contribution in [2.75, 3.05) is 11.4 Å². The second kappa shape index (κ2) is 6.27. The number of amides is 1. The standard InChI is InChI=1S/C16H19NOSi/c1-6-15-10-7-8-11-16(15)17(14(2)18)12-9-13-19(3,4)5/h1,7-8,10-11H,12H2,2-5H3. The molecule has 0 N–H and O–H groups in total. The maximum atomic E-state index is 11.8. The van der Waals surface area contributed by atoms with Crippen molar-refractivity contribution < 1.29 is 4.79 Å². The van der Waals surface area contributed by atoms with Crippen molar-refractivity contribution in [3.8, 4) is 23.8 Å². The predicted octanol–water partition coefficient (Wildman–Crippen LogP) is 2.90. The molecule has 3 heteroatoms. The Balaban J connectivity index is 3.05. The van der Waals surface area contributed by atoms with Crippen LogP contribution in [0.2, 0.25) is 19.6 Å². The van der Waals surface area contributed by atoms with Gasteiger partial charge in [0.1, 0.15) is 8.07 Å². The van der Waals surface area contributed by atoms with E-state index in [1.54, 1.807) is 4.90 Å². The zero-order valence-corrected chi connectivity index (χ0v) is 12.9. The van der Waals surface area contributed by atoms with Crippen LogP contribution in [0.5, 0.6) is 0 Å². The fourth-order valence-corrected chi connectivity index (χ4v) is 2.19. The van der Waals surface area contributed by atoms with Crippen molar-refractivity contribution in [3.05, 3.63) is 29.8 Å². The smallest absolute Gasteiger partial charge is 0.224 e. The molecule has 0 unspecified atom stereocenters. The SMILES string of the molecule is C#Cc1ccccc1N(CC#C[Si](C)(C)C)C(C)=O. The van der Waals surface area contributed by atoms with Gasteiger partial charge in [0.05, 0.1) is 12.2 Å². The molecule has 0 spiro atoms.